The molecule has 0 spiro atoms. The molecule has 44 heavy (non-hydrogen) atoms. The number of nitrogens with zero attached hydrogens (tertiary/aromatic N) is 6. The maximum atomic E-state index is 14.7. The molecule has 11 nitrogen and oxygen atoms in total. The zero-order valence-corrected chi connectivity index (χ0v) is 24.6. The molecule has 5 aromatic heterocycles. The second kappa shape index (κ2) is 12.0. The highest BCUT2D eigenvalue weighted by Gasteiger charge is 2.19. The van der Waals surface area contributed by atoms with E-state index in [1.54, 1.807) is 24.8 Å². The first-order valence-electron chi connectivity index (χ1n) is 14.7. The number of aromatic amines is 2. The average Bonchev–Trinajstić information content (AvgIpc) is 3.65. The topological polar surface area (TPSA) is 133 Å². The molecule has 6 aromatic rings. The normalized spacial score (nSPS) is 14.1. The Morgan fingerprint density at radius 3 is 2.66 bits per heavy atom. The van der Waals surface area contributed by atoms with E-state index in [1.165, 1.54) is 12.1 Å². The number of rotatable bonds is 9. The van der Waals surface area contributed by atoms with Gasteiger partial charge in [-0.3, -0.25) is 15.1 Å². The second-order valence-corrected chi connectivity index (χ2v) is 11.3. The maximum Gasteiger partial charge on any atom is 0.161 e. The van der Waals surface area contributed by atoms with Crippen molar-refractivity contribution in [3.05, 3.63) is 67.0 Å². The smallest absolute Gasteiger partial charge is 0.161 e. The number of hydrogen-bond donors (Lipinski definition) is 4. The lowest BCUT2D eigenvalue weighted by Gasteiger charge is -2.23. The van der Waals surface area contributed by atoms with E-state index in [4.69, 9.17) is 14.7 Å². The number of fused-ring (bicyclic) bond motifs is 2. The van der Waals surface area contributed by atoms with E-state index in [1.807, 2.05) is 38.4 Å². The largest absolute Gasteiger partial charge is 0.489 e. The number of pyridine rings is 3. The Morgan fingerprint density at radius 2 is 1.80 bits per heavy atom. The quantitative estimate of drug-likeness (QED) is 0.186. The third-order valence-electron chi connectivity index (χ3n) is 7.72. The first-order chi connectivity index (χ1) is 21.5. The van der Waals surface area contributed by atoms with Crippen LogP contribution in [0, 0.1) is 5.82 Å². The predicted octanol–water partition coefficient (Wildman–Crippen LogP) is 4.87. The van der Waals surface area contributed by atoms with Crippen LogP contribution in [0.1, 0.15) is 12.8 Å². The van der Waals surface area contributed by atoms with Crippen LogP contribution in [-0.2, 0) is 0 Å². The molecule has 1 aliphatic rings. The molecule has 0 aliphatic carbocycles. The van der Waals surface area contributed by atoms with Crippen molar-refractivity contribution in [2.24, 2.45) is 0 Å². The van der Waals surface area contributed by atoms with Gasteiger partial charge in [0.1, 0.15) is 23.2 Å². The first kappa shape index (κ1) is 27.9. The van der Waals surface area contributed by atoms with E-state index >= 15 is 0 Å². The molecule has 0 unspecified atom stereocenters. The molecule has 1 aliphatic heterocycles. The van der Waals surface area contributed by atoms with Crippen LogP contribution in [0.25, 0.3) is 56.0 Å². The summed E-state index contributed by atoms with van der Waals surface area (Å²) >= 11 is 0. The van der Waals surface area contributed by atoms with Gasteiger partial charge in [-0.05, 0) is 82.0 Å². The van der Waals surface area contributed by atoms with Crippen LogP contribution in [0.15, 0.2) is 61.2 Å². The van der Waals surface area contributed by atoms with Gasteiger partial charge < -0.3 is 25.3 Å². The summed E-state index contributed by atoms with van der Waals surface area (Å²) < 4.78 is 20.9. The average molecular weight is 593 g/mol. The molecule has 1 saturated heterocycles. The van der Waals surface area contributed by atoms with E-state index in [0.29, 0.717) is 51.4 Å². The van der Waals surface area contributed by atoms with E-state index < -0.39 is 0 Å². The van der Waals surface area contributed by atoms with Crippen molar-refractivity contribution in [1.82, 2.24) is 45.3 Å². The summed E-state index contributed by atoms with van der Waals surface area (Å²) in [6.45, 7) is 3.43. The zero-order chi connectivity index (χ0) is 30.0. The Morgan fingerprint density at radius 1 is 0.932 bits per heavy atom. The van der Waals surface area contributed by atoms with Crippen molar-refractivity contribution in [2.75, 3.05) is 45.6 Å². The number of halogens is 1. The lowest BCUT2D eigenvalue weighted by Crippen LogP contribution is -2.34. The molecule has 0 atom stereocenters. The van der Waals surface area contributed by atoms with Crippen LogP contribution >= 0.6 is 0 Å². The third-order valence-corrected chi connectivity index (χ3v) is 7.72. The molecule has 4 N–H and O–H groups in total. The predicted molar refractivity (Wildman–Crippen MR) is 169 cm³/mol. The van der Waals surface area contributed by atoms with Crippen LogP contribution in [0.3, 0.4) is 0 Å². The number of aromatic nitrogens is 7. The van der Waals surface area contributed by atoms with E-state index in [2.05, 4.69) is 40.7 Å². The van der Waals surface area contributed by atoms with Gasteiger partial charge in [0.15, 0.2) is 11.5 Å². The van der Waals surface area contributed by atoms with Crippen molar-refractivity contribution in [2.45, 2.75) is 18.9 Å². The fourth-order valence-corrected chi connectivity index (χ4v) is 5.48. The number of imidazole rings is 1. The SMILES string of the molecule is CN(C)CCNc1cc(F)cc(-c2cncc3[nH]c(-c4n[nH]c5ccc(-c6cncc(OC7CCNCC7)c6)nc45)nc23)c1. The number of hydrogen-bond acceptors (Lipinski definition) is 9. The van der Waals surface area contributed by atoms with Crippen molar-refractivity contribution >= 4 is 27.8 Å². The molecular formula is C32H33FN10O. The lowest BCUT2D eigenvalue weighted by molar-refractivity contribution is 0.162. The number of H-pyrrole nitrogens is 2. The number of likely N-dealkylation sites (N-methyl/N-ethyl adjacent to an activating group) is 1. The molecule has 0 radical (unpaired) electrons. The number of piperidine rings is 1. The Labute approximate surface area is 253 Å². The van der Waals surface area contributed by atoms with Gasteiger partial charge in [0.2, 0.25) is 0 Å². The van der Waals surface area contributed by atoms with Crippen LogP contribution < -0.4 is 15.4 Å². The minimum atomic E-state index is -0.336. The van der Waals surface area contributed by atoms with Crippen LogP contribution in [0.5, 0.6) is 5.75 Å². The van der Waals surface area contributed by atoms with Gasteiger partial charge in [0.25, 0.3) is 0 Å². The molecule has 0 bridgehead atoms. The van der Waals surface area contributed by atoms with Crippen molar-refractivity contribution < 1.29 is 9.13 Å². The Hall–Kier alpha value is -4.94. The molecule has 1 aromatic carbocycles. The van der Waals surface area contributed by atoms with Crippen LogP contribution in [0.2, 0.25) is 0 Å². The summed E-state index contributed by atoms with van der Waals surface area (Å²) in [5.41, 5.74) is 7.08. The van der Waals surface area contributed by atoms with Gasteiger partial charge in [0.05, 0.1) is 34.6 Å². The highest BCUT2D eigenvalue weighted by molar-refractivity contribution is 5.96. The lowest BCUT2D eigenvalue weighted by atomic mass is 10.1. The van der Waals surface area contributed by atoms with Crippen molar-refractivity contribution in [1.29, 1.82) is 0 Å². The third kappa shape index (κ3) is 5.81. The highest BCUT2D eigenvalue weighted by atomic mass is 19.1. The minimum Gasteiger partial charge on any atom is -0.489 e. The molecular weight excluding hydrogens is 559 g/mol. The fourth-order valence-electron chi connectivity index (χ4n) is 5.48. The first-order valence-corrected chi connectivity index (χ1v) is 14.7. The molecule has 12 heteroatoms. The molecule has 7 rings (SSSR count). The van der Waals surface area contributed by atoms with Gasteiger partial charge in [-0.15, -0.1) is 0 Å². The molecule has 1 fully saturated rings. The number of nitrogens with one attached hydrogen (secondary N) is 4. The molecule has 224 valence electrons. The van der Waals surface area contributed by atoms with Gasteiger partial charge in [-0.25, -0.2) is 14.4 Å². The van der Waals surface area contributed by atoms with Crippen LogP contribution in [0.4, 0.5) is 10.1 Å². The number of ether oxygens (including phenoxy) is 1. The zero-order valence-electron chi connectivity index (χ0n) is 24.6. The summed E-state index contributed by atoms with van der Waals surface area (Å²) in [5, 5.41) is 14.3. The van der Waals surface area contributed by atoms with Gasteiger partial charge >= 0.3 is 0 Å². The van der Waals surface area contributed by atoms with Crippen molar-refractivity contribution in [3.63, 3.8) is 0 Å². The Balaban J connectivity index is 1.21. The fraction of sp³-hybridized carbons (Fsp3) is 0.281. The number of anilines is 1. The molecule has 0 amide bonds. The maximum absolute atomic E-state index is 14.7. The monoisotopic (exact) mass is 592 g/mol. The standard InChI is InChI=1S/C32H33FN10O/c1-43(2)10-9-37-22-12-19(11-21(33)14-22)25-17-36-18-28-29(25)40-32(39-28)31-30-27(41-42-31)4-3-26(38-30)20-13-24(16-35-15-20)44-23-5-7-34-8-6-23/h3-4,11-18,23,34,37H,5-10H2,1-2H3,(H,39,40)(H,41,42). The summed E-state index contributed by atoms with van der Waals surface area (Å²) in [5.74, 6) is 0.929. The van der Waals surface area contributed by atoms with Gasteiger partial charge in [0, 0.05) is 42.3 Å². The van der Waals surface area contributed by atoms with E-state index in [-0.39, 0.29) is 11.9 Å². The number of benzene rings is 1. The summed E-state index contributed by atoms with van der Waals surface area (Å²) in [7, 11) is 4.00. The van der Waals surface area contributed by atoms with E-state index in [0.717, 1.165) is 55.0 Å². The highest BCUT2D eigenvalue weighted by Crippen LogP contribution is 2.33. The Kier molecular flexibility index (Phi) is 7.59. The second-order valence-electron chi connectivity index (χ2n) is 11.3. The molecule has 6 heterocycles. The summed E-state index contributed by atoms with van der Waals surface area (Å²) in [6.07, 6.45) is 9.05. The Bertz CT molecular complexity index is 1930. The minimum absolute atomic E-state index is 0.176. The van der Waals surface area contributed by atoms with Gasteiger partial charge in [-0.2, -0.15) is 5.10 Å². The van der Waals surface area contributed by atoms with Gasteiger partial charge in [-0.1, -0.05) is 0 Å². The molecule has 0 saturated carbocycles. The van der Waals surface area contributed by atoms with Crippen molar-refractivity contribution in [3.8, 4) is 39.7 Å². The van der Waals surface area contributed by atoms with Crippen LogP contribution in [-0.4, -0.2) is 86.4 Å². The summed E-state index contributed by atoms with van der Waals surface area (Å²) in [4.78, 5) is 24.1. The summed E-state index contributed by atoms with van der Waals surface area (Å²) in [6, 6.07) is 10.8. The van der Waals surface area contributed by atoms with E-state index in [9.17, 15) is 4.39 Å².